The summed E-state index contributed by atoms with van der Waals surface area (Å²) in [4.78, 5) is 11.8. The van der Waals surface area contributed by atoms with Crippen molar-refractivity contribution in [2.75, 3.05) is 25.1 Å². The van der Waals surface area contributed by atoms with Crippen LogP contribution in [0.15, 0.2) is 24.3 Å². The topological polar surface area (TPSA) is 61.4 Å². The monoisotopic (exact) mass is 310 g/mol. The SMILES string of the molecule is CSCC(C)(O)CNC(=O)NCC(C)c1cccc(C)c1. The summed E-state index contributed by atoms with van der Waals surface area (Å²) in [6.45, 7) is 6.68. The number of benzene rings is 1. The Hall–Kier alpha value is -1.20. The summed E-state index contributed by atoms with van der Waals surface area (Å²) < 4.78 is 0. The van der Waals surface area contributed by atoms with Crippen molar-refractivity contribution in [2.24, 2.45) is 0 Å². The molecule has 0 heterocycles. The molecule has 4 nitrogen and oxygen atoms in total. The highest BCUT2D eigenvalue weighted by atomic mass is 32.2. The lowest BCUT2D eigenvalue weighted by Crippen LogP contribution is -2.46. The lowest BCUT2D eigenvalue weighted by atomic mass is 9.99. The number of aryl methyl sites for hydroxylation is 1. The fourth-order valence-corrected chi connectivity index (χ4v) is 2.76. The van der Waals surface area contributed by atoms with E-state index in [4.69, 9.17) is 0 Å². The summed E-state index contributed by atoms with van der Waals surface area (Å²) in [5.41, 5.74) is 1.56. The van der Waals surface area contributed by atoms with Crippen molar-refractivity contribution < 1.29 is 9.90 Å². The second-order valence-corrected chi connectivity index (χ2v) is 6.67. The zero-order valence-corrected chi connectivity index (χ0v) is 14.1. The highest BCUT2D eigenvalue weighted by Crippen LogP contribution is 2.15. The molecule has 5 heteroatoms. The number of carbonyl (C=O) groups excluding carboxylic acids is 1. The van der Waals surface area contributed by atoms with Gasteiger partial charge in [0.15, 0.2) is 0 Å². The van der Waals surface area contributed by atoms with Crippen LogP contribution in [0.1, 0.15) is 30.9 Å². The number of amides is 2. The van der Waals surface area contributed by atoms with E-state index >= 15 is 0 Å². The number of hydrogen-bond acceptors (Lipinski definition) is 3. The van der Waals surface area contributed by atoms with Crippen LogP contribution in [-0.4, -0.2) is 41.8 Å². The molecule has 1 aromatic rings. The summed E-state index contributed by atoms with van der Waals surface area (Å²) in [6.07, 6.45) is 1.93. The smallest absolute Gasteiger partial charge is 0.314 e. The van der Waals surface area contributed by atoms with Gasteiger partial charge in [0.05, 0.1) is 5.60 Å². The Bertz CT molecular complexity index is 463. The molecular weight excluding hydrogens is 284 g/mol. The minimum Gasteiger partial charge on any atom is -0.387 e. The average Bonchev–Trinajstić information content (AvgIpc) is 2.42. The van der Waals surface area contributed by atoms with Crippen LogP contribution in [0.25, 0.3) is 0 Å². The second kappa shape index (κ2) is 8.29. The standard InChI is InChI=1S/C16H26N2O2S/c1-12-6-5-7-14(8-12)13(2)9-17-15(19)18-10-16(3,20)11-21-4/h5-8,13,20H,9-11H2,1-4H3,(H2,17,18,19). The minimum atomic E-state index is -0.876. The maximum atomic E-state index is 11.8. The third kappa shape index (κ3) is 6.87. The molecule has 0 bridgehead atoms. The molecule has 0 radical (unpaired) electrons. The Morgan fingerprint density at radius 2 is 2.14 bits per heavy atom. The van der Waals surface area contributed by atoms with Gasteiger partial charge in [-0.05, 0) is 31.6 Å². The zero-order valence-electron chi connectivity index (χ0n) is 13.3. The molecule has 2 unspecified atom stereocenters. The van der Waals surface area contributed by atoms with E-state index in [0.29, 0.717) is 12.3 Å². The molecule has 21 heavy (non-hydrogen) atoms. The molecule has 0 aliphatic rings. The Balaban J connectivity index is 2.36. The zero-order chi connectivity index (χ0) is 15.9. The van der Waals surface area contributed by atoms with Crippen LogP contribution in [-0.2, 0) is 0 Å². The average molecular weight is 310 g/mol. The first-order valence-corrected chi connectivity index (χ1v) is 8.53. The van der Waals surface area contributed by atoms with Gasteiger partial charge in [-0.15, -0.1) is 0 Å². The van der Waals surface area contributed by atoms with E-state index in [1.807, 2.05) is 12.3 Å². The van der Waals surface area contributed by atoms with Crippen LogP contribution in [0.5, 0.6) is 0 Å². The predicted octanol–water partition coefficient (Wildman–Crippen LogP) is 2.51. The molecule has 0 spiro atoms. The minimum absolute atomic E-state index is 0.240. The fraction of sp³-hybridized carbons (Fsp3) is 0.562. The van der Waals surface area contributed by atoms with Gasteiger partial charge < -0.3 is 15.7 Å². The number of hydrogen-bond donors (Lipinski definition) is 3. The van der Waals surface area contributed by atoms with Gasteiger partial charge in [0.25, 0.3) is 0 Å². The third-order valence-electron chi connectivity index (χ3n) is 3.27. The van der Waals surface area contributed by atoms with E-state index in [-0.39, 0.29) is 18.5 Å². The Labute approximate surface area is 131 Å². The van der Waals surface area contributed by atoms with Crippen LogP contribution in [0.2, 0.25) is 0 Å². The number of urea groups is 1. The van der Waals surface area contributed by atoms with Gasteiger partial charge in [0.2, 0.25) is 0 Å². The molecule has 1 rings (SSSR count). The quantitative estimate of drug-likeness (QED) is 0.725. The van der Waals surface area contributed by atoms with Gasteiger partial charge in [-0.2, -0.15) is 11.8 Å². The van der Waals surface area contributed by atoms with Crippen molar-refractivity contribution in [2.45, 2.75) is 32.3 Å². The van der Waals surface area contributed by atoms with Crippen LogP contribution in [0.3, 0.4) is 0 Å². The Morgan fingerprint density at radius 3 is 2.76 bits per heavy atom. The summed E-state index contributed by atoms with van der Waals surface area (Å²) in [6, 6.07) is 8.05. The van der Waals surface area contributed by atoms with Crippen molar-refractivity contribution in [3.63, 3.8) is 0 Å². The maximum Gasteiger partial charge on any atom is 0.314 e. The summed E-state index contributed by atoms with van der Waals surface area (Å²) in [5.74, 6) is 0.842. The van der Waals surface area contributed by atoms with E-state index in [1.165, 1.54) is 11.1 Å². The van der Waals surface area contributed by atoms with Gasteiger partial charge in [-0.25, -0.2) is 4.79 Å². The molecule has 2 atom stereocenters. The van der Waals surface area contributed by atoms with E-state index < -0.39 is 5.60 Å². The highest BCUT2D eigenvalue weighted by Gasteiger charge is 2.20. The highest BCUT2D eigenvalue weighted by molar-refractivity contribution is 7.98. The van der Waals surface area contributed by atoms with Gasteiger partial charge in [-0.1, -0.05) is 36.8 Å². The summed E-state index contributed by atoms with van der Waals surface area (Å²) >= 11 is 1.56. The van der Waals surface area contributed by atoms with E-state index in [2.05, 4.69) is 42.7 Å². The third-order valence-corrected chi connectivity index (χ3v) is 4.18. The van der Waals surface area contributed by atoms with Crippen LogP contribution >= 0.6 is 11.8 Å². The largest absolute Gasteiger partial charge is 0.387 e. The molecule has 0 fully saturated rings. The van der Waals surface area contributed by atoms with Crippen molar-refractivity contribution in [1.82, 2.24) is 10.6 Å². The van der Waals surface area contributed by atoms with E-state index in [9.17, 15) is 9.90 Å². The second-order valence-electron chi connectivity index (χ2n) is 5.81. The molecule has 118 valence electrons. The van der Waals surface area contributed by atoms with Gasteiger partial charge >= 0.3 is 6.03 Å². The molecule has 0 aromatic heterocycles. The molecular formula is C16H26N2O2S. The Kier molecular flexibility index (Phi) is 7.05. The normalized spacial score (nSPS) is 15.1. The number of carbonyl (C=O) groups is 1. The predicted molar refractivity (Wildman–Crippen MR) is 90.0 cm³/mol. The maximum absolute atomic E-state index is 11.8. The van der Waals surface area contributed by atoms with E-state index in [0.717, 1.165) is 0 Å². The lowest BCUT2D eigenvalue weighted by molar-refractivity contribution is 0.0869. The lowest BCUT2D eigenvalue weighted by Gasteiger charge is -2.23. The summed E-state index contributed by atoms with van der Waals surface area (Å²) in [7, 11) is 0. The number of thioether (sulfide) groups is 1. The van der Waals surface area contributed by atoms with Crippen LogP contribution < -0.4 is 10.6 Å². The summed E-state index contributed by atoms with van der Waals surface area (Å²) in [5, 5.41) is 15.5. The number of rotatable bonds is 7. The first kappa shape index (κ1) is 17.9. The van der Waals surface area contributed by atoms with Gasteiger partial charge in [0.1, 0.15) is 0 Å². The molecule has 0 aliphatic heterocycles. The van der Waals surface area contributed by atoms with Crippen molar-refractivity contribution in [1.29, 1.82) is 0 Å². The van der Waals surface area contributed by atoms with Crippen LogP contribution in [0, 0.1) is 6.92 Å². The van der Waals surface area contributed by atoms with Crippen LogP contribution in [0.4, 0.5) is 4.79 Å². The molecule has 3 N–H and O–H groups in total. The van der Waals surface area contributed by atoms with Crippen molar-refractivity contribution in [3.8, 4) is 0 Å². The van der Waals surface area contributed by atoms with Gasteiger partial charge in [0, 0.05) is 18.8 Å². The van der Waals surface area contributed by atoms with Gasteiger partial charge in [-0.3, -0.25) is 0 Å². The number of nitrogens with one attached hydrogen (secondary N) is 2. The number of aliphatic hydroxyl groups is 1. The first-order valence-electron chi connectivity index (χ1n) is 7.13. The first-order chi connectivity index (χ1) is 9.84. The molecule has 0 saturated heterocycles. The molecule has 0 saturated carbocycles. The van der Waals surface area contributed by atoms with E-state index in [1.54, 1.807) is 18.7 Å². The van der Waals surface area contributed by atoms with Crippen molar-refractivity contribution in [3.05, 3.63) is 35.4 Å². The fourth-order valence-electron chi connectivity index (χ4n) is 2.04. The molecule has 1 aromatic carbocycles. The Morgan fingerprint density at radius 1 is 1.43 bits per heavy atom. The van der Waals surface area contributed by atoms with Crippen molar-refractivity contribution >= 4 is 17.8 Å². The molecule has 0 aliphatic carbocycles. The molecule has 2 amide bonds.